The van der Waals surface area contributed by atoms with Crippen LogP contribution >= 0.6 is 0 Å². The van der Waals surface area contributed by atoms with E-state index in [4.69, 9.17) is 5.21 Å². The lowest BCUT2D eigenvalue weighted by atomic mass is 9.79. The summed E-state index contributed by atoms with van der Waals surface area (Å²) >= 11 is 0. The lowest BCUT2D eigenvalue weighted by Crippen LogP contribution is -2.18. The van der Waals surface area contributed by atoms with Crippen LogP contribution < -0.4 is 0 Å². The number of aromatic hydroxyl groups is 1. The molecule has 0 spiro atoms. The highest BCUT2D eigenvalue weighted by Crippen LogP contribution is 2.40. The molecule has 1 aromatic carbocycles. The Balaban J connectivity index is 2.77. The third-order valence-electron chi connectivity index (χ3n) is 3.83. The summed E-state index contributed by atoms with van der Waals surface area (Å²) in [6.45, 7) is 12.4. The molecule has 23 heavy (non-hydrogen) atoms. The van der Waals surface area contributed by atoms with Crippen LogP contribution in [0.15, 0.2) is 29.7 Å². The number of imidazole rings is 1. The van der Waals surface area contributed by atoms with Crippen LogP contribution in [0, 0.1) is 0 Å². The average Bonchev–Trinajstić information content (AvgIpc) is 2.85. The number of hydrogen-bond acceptors (Lipinski definition) is 4. The molecule has 0 fully saturated rings. The van der Waals surface area contributed by atoms with Crippen molar-refractivity contribution in [2.24, 2.45) is 5.16 Å². The summed E-state index contributed by atoms with van der Waals surface area (Å²) in [5.41, 5.74) is 2.23. The van der Waals surface area contributed by atoms with Crippen LogP contribution in [0.1, 0.15) is 58.5 Å². The summed E-state index contributed by atoms with van der Waals surface area (Å²) in [4.78, 5) is 4.18. The van der Waals surface area contributed by atoms with Gasteiger partial charge in [0, 0.05) is 29.2 Å². The molecule has 0 radical (unpaired) electrons. The Kier molecular flexibility index (Phi) is 4.24. The van der Waals surface area contributed by atoms with Crippen molar-refractivity contribution in [3.05, 3.63) is 41.5 Å². The van der Waals surface area contributed by atoms with Crippen molar-refractivity contribution in [1.29, 1.82) is 0 Å². The van der Waals surface area contributed by atoms with Crippen LogP contribution in [0.3, 0.4) is 0 Å². The summed E-state index contributed by atoms with van der Waals surface area (Å²) in [7, 11) is 0. The lowest BCUT2D eigenvalue weighted by Gasteiger charge is -2.28. The van der Waals surface area contributed by atoms with Crippen molar-refractivity contribution >= 4 is 6.21 Å². The van der Waals surface area contributed by atoms with Gasteiger partial charge in [-0.15, -0.1) is 0 Å². The van der Waals surface area contributed by atoms with Gasteiger partial charge < -0.3 is 10.3 Å². The minimum absolute atomic E-state index is 0.202. The van der Waals surface area contributed by atoms with Crippen molar-refractivity contribution in [2.45, 2.75) is 52.4 Å². The molecule has 1 aromatic heterocycles. The zero-order valence-corrected chi connectivity index (χ0v) is 14.6. The number of phenols is 1. The Hall–Kier alpha value is -2.30. The molecule has 1 heterocycles. The highest BCUT2D eigenvalue weighted by molar-refractivity contribution is 5.75. The summed E-state index contributed by atoms with van der Waals surface area (Å²) in [6.07, 6.45) is 4.75. The average molecular weight is 315 g/mol. The maximum absolute atomic E-state index is 10.8. The van der Waals surface area contributed by atoms with E-state index in [0.29, 0.717) is 11.6 Å². The van der Waals surface area contributed by atoms with Gasteiger partial charge in [-0.3, -0.25) is 4.57 Å². The summed E-state index contributed by atoms with van der Waals surface area (Å²) in [5.74, 6) is 0.865. The fraction of sp³-hybridized carbons (Fsp3) is 0.444. The number of benzene rings is 1. The van der Waals surface area contributed by atoms with E-state index in [0.717, 1.165) is 16.8 Å². The van der Waals surface area contributed by atoms with Crippen LogP contribution in [0.25, 0.3) is 5.69 Å². The second-order valence-electron chi connectivity index (χ2n) is 7.79. The monoisotopic (exact) mass is 315 g/mol. The molecule has 0 aliphatic carbocycles. The molecule has 0 aliphatic heterocycles. The second-order valence-corrected chi connectivity index (χ2v) is 7.79. The van der Waals surface area contributed by atoms with Gasteiger partial charge >= 0.3 is 0 Å². The maximum atomic E-state index is 10.8. The summed E-state index contributed by atoms with van der Waals surface area (Å²) < 4.78 is 1.84. The van der Waals surface area contributed by atoms with Crippen molar-refractivity contribution < 1.29 is 10.3 Å². The Morgan fingerprint density at radius 3 is 2.00 bits per heavy atom. The Labute approximate surface area is 137 Å². The molecule has 0 saturated heterocycles. The van der Waals surface area contributed by atoms with Crippen molar-refractivity contribution in [2.75, 3.05) is 0 Å². The van der Waals surface area contributed by atoms with E-state index in [9.17, 15) is 5.11 Å². The second kappa shape index (κ2) is 5.72. The Morgan fingerprint density at radius 2 is 1.57 bits per heavy atom. The van der Waals surface area contributed by atoms with Gasteiger partial charge in [0.15, 0.2) is 5.82 Å². The predicted molar refractivity (Wildman–Crippen MR) is 92.0 cm³/mol. The molecule has 0 atom stereocenters. The van der Waals surface area contributed by atoms with Gasteiger partial charge in [-0.25, -0.2) is 4.98 Å². The third kappa shape index (κ3) is 3.38. The highest BCUT2D eigenvalue weighted by atomic mass is 16.4. The molecule has 5 heteroatoms. The minimum Gasteiger partial charge on any atom is -0.507 e. The SMILES string of the molecule is CC(C)(C)c1cc(-n2ccnc2C=NO)cc(C(C)(C)C)c1O. The first-order valence-corrected chi connectivity index (χ1v) is 7.65. The zero-order chi connectivity index (χ0) is 17.4. The topological polar surface area (TPSA) is 70.6 Å². The maximum Gasteiger partial charge on any atom is 0.159 e. The Bertz CT molecular complexity index is 696. The molecule has 2 rings (SSSR count). The van der Waals surface area contributed by atoms with Gasteiger partial charge in [0.05, 0.1) is 0 Å². The molecular formula is C18H25N3O2. The van der Waals surface area contributed by atoms with E-state index in [1.807, 2.05) is 22.9 Å². The van der Waals surface area contributed by atoms with Crippen LogP contribution in [0.2, 0.25) is 0 Å². The fourth-order valence-electron chi connectivity index (χ4n) is 2.58. The smallest absolute Gasteiger partial charge is 0.159 e. The molecule has 0 saturated carbocycles. The van der Waals surface area contributed by atoms with E-state index in [1.54, 1.807) is 6.20 Å². The van der Waals surface area contributed by atoms with Crippen LogP contribution in [-0.2, 0) is 10.8 Å². The van der Waals surface area contributed by atoms with E-state index in [2.05, 4.69) is 51.7 Å². The number of nitrogens with zero attached hydrogens (tertiary/aromatic N) is 3. The predicted octanol–water partition coefficient (Wildman–Crippen LogP) is 3.98. The number of rotatable bonds is 2. The van der Waals surface area contributed by atoms with Crippen LogP contribution in [0.4, 0.5) is 0 Å². The normalized spacial score (nSPS) is 13.0. The summed E-state index contributed by atoms with van der Waals surface area (Å²) in [5, 5.41) is 22.6. The van der Waals surface area contributed by atoms with Gasteiger partial charge in [-0.2, -0.15) is 0 Å². The fourth-order valence-corrected chi connectivity index (χ4v) is 2.58. The highest BCUT2D eigenvalue weighted by Gasteiger charge is 2.27. The number of hydrogen-bond donors (Lipinski definition) is 2. The number of oxime groups is 1. The van der Waals surface area contributed by atoms with Gasteiger partial charge in [0.2, 0.25) is 0 Å². The van der Waals surface area contributed by atoms with Gasteiger partial charge in [-0.1, -0.05) is 46.7 Å². The van der Waals surface area contributed by atoms with Crippen LogP contribution in [0.5, 0.6) is 5.75 Å². The number of aromatic nitrogens is 2. The molecule has 2 N–H and O–H groups in total. The molecule has 0 bridgehead atoms. The molecule has 0 aliphatic rings. The molecular weight excluding hydrogens is 290 g/mol. The van der Waals surface area contributed by atoms with Gasteiger partial charge in [0.1, 0.15) is 12.0 Å². The van der Waals surface area contributed by atoms with E-state index >= 15 is 0 Å². The number of phenolic OH excluding ortho intramolecular Hbond substituents is 1. The zero-order valence-electron chi connectivity index (χ0n) is 14.6. The minimum atomic E-state index is -0.202. The van der Waals surface area contributed by atoms with Gasteiger partial charge in [-0.05, 0) is 23.0 Å². The van der Waals surface area contributed by atoms with E-state index in [1.165, 1.54) is 6.21 Å². The lowest BCUT2D eigenvalue weighted by molar-refractivity contribution is 0.321. The first-order chi connectivity index (χ1) is 10.6. The standard InChI is InChI=1S/C18H25N3O2/c1-17(2,3)13-9-12(10-14(16(13)22)18(4,5)6)21-8-7-19-15(21)11-20-23/h7-11,22-23H,1-6H3. The molecule has 5 nitrogen and oxygen atoms in total. The van der Waals surface area contributed by atoms with Crippen molar-refractivity contribution in [3.63, 3.8) is 0 Å². The first kappa shape index (κ1) is 17.1. The third-order valence-corrected chi connectivity index (χ3v) is 3.83. The van der Waals surface area contributed by atoms with Gasteiger partial charge in [0.25, 0.3) is 0 Å². The summed E-state index contributed by atoms with van der Waals surface area (Å²) in [6, 6.07) is 3.92. The molecule has 2 aromatic rings. The molecule has 124 valence electrons. The van der Waals surface area contributed by atoms with Crippen molar-refractivity contribution in [1.82, 2.24) is 9.55 Å². The molecule has 0 unspecified atom stereocenters. The Morgan fingerprint density at radius 1 is 1.04 bits per heavy atom. The largest absolute Gasteiger partial charge is 0.507 e. The van der Waals surface area contributed by atoms with Crippen molar-refractivity contribution in [3.8, 4) is 11.4 Å². The molecule has 0 amide bonds. The van der Waals surface area contributed by atoms with Crippen LogP contribution in [-0.4, -0.2) is 26.1 Å². The van der Waals surface area contributed by atoms with E-state index < -0.39 is 0 Å². The van der Waals surface area contributed by atoms with E-state index in [-0.39, 0.29) is 10.8 Å². The first-order valence-electron chi connectivity index (χ1n) is 7.65. The quantitative estimate of drug-likeness (QED) is 0.500.